The van der Waals surface area contributed by atoms with Crippen molar-refractivity contribution in [1.82, 2.24) is 20.6 Å². The molecule has 2 N–H and O–H groups in total. The zero-order valence-corrected chi connectivity index (χ0v) is 29.1. The number of amides is 2. The first kappa shape index (κ1) is 51.8. The molecule has 2 aromatic heterocycles. The van der Waals surface area contributed by atoms with Crippen LogP contribution in [0.15, 0.2) is 36.7 Å². The van der Waals surface area contributed by atoms with Crippen LogP contribution < -0.4 is 20.1 Å². The molecule has 0 bridgehead atoms. The van der Waals surface area contributed by atoms with E-state index in [1.165, 1.54) is 26.6 Å². The van der Waals surface area contributed by atoms with E-state index < -0.39 is 0 Å². The van der Waals surface area contributed by atoms with E-state index in [1.807, 2.05) is 39.0 Å². The first-order valence-electron chi connectivity index (χ1n) is 13.7. The van der Waals surface area contributed by atoms with Gasteiger partial charge in [0.25, 0.3) is 11.8 Å². The van der Waals surface area contributed by atoms with Crippen LogP contribution in [0.2, 0.25) is 0 Å². The molecule has 2 atom stereocenters. The number of hydrogen-bond donors (Lipinski definition) is 2. The van der Waals surface area contributed by atoms with E-state index in [-0.39, 0.29) is 56.4 Å². The molecule has 2 aromatic rings. The second kappa shape index (κ2) is 39.2. The molecule has 14 nitrogen and oxygen atoms in total. The Labute approximate surface area is 291 Å². The fourth-order valence-corrected chi connectivity index (χ4v) is 3.29. The fraction of sp³-hybridized carbons (Fsp3) is 0.438. The minimum absolute atomic E-state index is 0. The smallest absolute Gasteiger partial charge is 0 e. The minimum Gasteiger partial charge on any atom is 0 e. The molecular weight excluding hydrogens is 690 g/mol. The maximum absolute atomic E-state index is 12.6. The molecular formula is C32H39MoN7O7. The van der Waals surface area contributed by atoms with E-state index in [1.54, 1.807) is 24.3 Å². The van der Waals surface area contributed by atoms with Gasteiger partial charge in [-0.1, -0.05) is 33.6 Å². The van der Waals surface area contributed by atoms with Crippen molar-refractivity contribution in [3.63, 3.8) is 0 Å². The van der Waals surface area contributed by atoms with Crippen LogP contribution in [0.25, 0.3) is 0 Å². The average molecular weight is 730 g/mol. The summed E-state index contributed by atoms with van der Waals surface area (Å²) in [6.45, 7) is 19.0. The van der Waals surface area contributed by atoms with Crippen molar-refractivity contribution in [2.75, 3.05) is 14.2 Å². The van der Waals surface area contributed by atoms with Crippen molar-refractivity contribution in [3.05, 3.63) is 68.0 Å². The number of methoxy groups -OCH3 is 2. The van der Waals surface area contributed by atoms with Gasteiger partial charge in [-0.2, -0.15) is 15.8 Å². The van der Waals surface area contributed by atoms with Crippen molar-refractivity contribution in [2.24, 2.45) is 0 Å². The zero-order valence-electron chi connectivity index (χ0n) is 27.1. The van der Waals surface area contributed by atoms with Gasteiger partial charge in [-0.15, -0.1) is 0 Å². The predicted octanol–water partition coefficient (Wildman–Crippen LogP) is 4.61. The maximum atomic E-state index is 12.6. The van der Waals surface area contributed by atoms with Crippen LogP contribution >= 0.6 is 0 Å². The second-order valence-electron chi connectivity index (χ2n) is 8.14. The first-order chi connectivity index (χ1) is 22.3. The fourth-order valence-electron chi connectivity index (χ4n) is 3.29. The molecule has 0 aromatic carbocycles. The van der Waals surface area contributed by atoms with Gasteiger partial charge in [-0.05, 0) is 25.0 Å². The Morgan fingerprint density at radius 2 is 1.02 bits per heavy atom. The molecule has 1 fully saturated rings. The summed E-state index contributed by atoms with van der Waals surface area (Å²) in [5.41, 5.74) is 0.564. The van der Waals surface area contributed by atoms with Crippen molar-refractivity contribution in [2.45, 2.75) is 77.8 Å². The molecule has 1 aliphatic carbocycles. The third kappa shape index (κ3) is 26.2. The third-order valence-corrected chi connectivity index (χ3v) is 5.27. The van der Waals surface area contributed by atoms with Gasteiger partial charge in [0.15, 0.2) is 0 Å². The number of pyridine rings is 2. The molecule has 2 amide bonds. The Morgan fingerprint density at radius 1 is 0.745 bits per heavy atom. The van der Waals surface area contributed by atoms with E-state index in [9.17, 15) is 9.59 Å². The minimum atomic E-state index is -0.287. The van der Waals surface area contributed by atoms with Gasteiger partial charge >= 0.3 is 33.9 Å². The number of aromatic nitrogens is 2. The van der Waals surface area contributed by atoms with Crippen molar-refractivity contribution in [1.29, 1.82) is 15.8 Å². The van der Waals surface area contributed by atoms with E-state index in [0.717, 1.165) is 25.7 Å². The number of nitriles is 3. The standard InChI is InChI=1S/C20H24N4O4.3C3H5N.3CO.Mo/c1-27-13-7-9-21-17(11-13)19(25)23-15-5-3-4-6-16(15)24-20(26)18-12-14(28-2)8-10-22-18;3*1-2-3-4;3*1-2;/h7-12,15-16H,3-6H2,1-2H3,(H,23,25)(H,24,26);3*2H2,1H3;;;;/t15-,16-;;;;;;;/m0......./s1. The molecule has 1 aliphatic rings. The molecule has 250 valence electrons. The Balaban J connectivity index is -0.000000260. The number of ether oxygens (including phenoxy) is 2. The van der Waals surface area contributed by atoms with Crippen molar-refractivity contribution >= 4 is 11.8 Å². The van der Waals surface area contributed by atoms with Gasteiger partial charge in [-0.3, -0.25) is 19.6 Å². The molecule has 0 radical (unpaired) electrons. The van der Waals surface area contributed by atoms with E-state index in [2.05, 4.69) is 40.6 Å². The molecule has 15 heteroatoms. The molecule has 3 rings (SSSR count). The summed E-state index contributed by atoms with van der Waals surface area (Å²) in [4.78, 5) is 33.4. The number of carbonyl (C=O) groups excluding carboxylic acids is 2. The number of nitrogens with zero attached hydrogens (tertiary/aromatic N) is 5. The van der Waals surface area contributed by atoms with Gasteiger partial charge in [0.1, 0.15) is 22.9 Å². The monoisotopic (exact) mass is 731 g/mol. The first-order valence-corrected chi connectivity index (χ1v) is 13.7. The Morgan fingerprint density at radius 3 is 1.26 bits per heavy atom. The van der Waals surface area contributed by atoms with Crippen molar-refractivity contribution < 1.29 is 54.1 Å². The van der Waals surface area contributed by atoms with Gasteiger partial charge in [0.2, 0.25) is 0 Å². The summed E-state index contributed by atoms with van der Waals surface area (Å²) in [7, 11) is 3.08. The van der Waals surface area contributed by atoms with Gasteiger partial charge in [-0.25, -0.2) is 0 Å². The predicted molar refractivity (Wildman–Crippen MR) is 162 cm³/mol. The second-order valence-corrected chi connectivity index (χ2v) is 8.14. The quantitative estimate of drug-likeness (QED) is 0.240. The molecule has 0 spiro atoms. The van der Waals surface area contributed by atoms with E-state index in [4.69, 9.17) is 39.2 Å². The number of carbonyl (C=O) groups is 2. The molecule has 1 saturated carbocycles. The van der Waals surface area contributed by atoms with Crippen LogP contribution in [-0.4, -0.2) is 48.1 Å². The Bertz CT molecular complexity index is 1180. The molecule has 0 aliphatic heterocycles. The number of nitrogens with one attached hydrogen (secondary N) is 2. The van der Waals surface area contributed by atoms with E-state index in [0.29, 0.717) is 30.8 Å². The summed E-state index contributed by atoms with van der Waals surface area (Å²) in [5.74, 6) is 0.560. The topological polar surface area (TPSA) is 234 Å². The number of hydrogen-bond acceptors (Lipinski definition) is 9. The van der Waals surface area contributed by atoms with Gasteiger partial charge < -0.3 is 20.1 Å². The van der Waals surface area contributed by atoms with Crippen LogP contribution in [0.4, 0.5) is 0 Å². The number of rotatable bonds is 6. The van der Waals surface area contributed by atoms with Crippen LogP contribution in [0, 0.1) is 53.9 Å². The van der Waals surface area contributed by atoms with Crippen LogP contribution in [0.1, 0.15) is 86.7 Å². The van der Waals surface area contributed by atoms with Gasteiger partial charge in [0.05, 0.1) is 32.4 Å². The molecule has 47 heavy (non-hydrogen) atoms. The van der Waals surface area contributed by atoms with Gasteiger partial charge in [0, 0.05) is 76.9 Å². The molecule has 0 saturated heterocycles. The Hall–Kier alpha value is -4.78. The van der Waals surface area contributed by atoms with E-state index >= 15 is 0 Å². The van der Waals surface area contributed by atoms with Crippen LogP contribution in [0.3, 0.4) is 0 Å². The SMILES string of the molecule is CCC#N.CCC#N.CCC#N.COc1ccnc(C(=O)N[C@H]2CCCC[C@@H]2NC(=O)c2cc(OC)ccn2)c1.[C-]#[O+].[C-]#[O+].[C-]#[O+].[Mo]. The normalized spacial score (nSPS) is 12.6. The summed E-state index contributed by atoms with van der Waals surface area (Å²) in [6, 6.07) is 12.0. The van der Waals surface area contributed by atoms with Crippen molar-refractivity contribution in [3.8, 4) is 29.7 Å². The summed E-state index contributed by atoms with van der Waals surface area (Å²) < 4.78 is 32.8. The largest absolute Gasteiger partial charge is 0 e. The summed E-state index contributed by atoms with van der Waals surface area (Å²) in [6.07, 6.45) is 8.48. The Kier molecular flexibility index (Phi) is 43.2. The maximum Gasteiger partial charge on any atom is 0 e. The zero-order chi connectivity index (χ0) is 36.2. The summed E-state index contributed by atoms with van der Waals surface area (Å²) in [5, 5.41) is 28.9. The molecule has 0 unspecified atom stereocenters. The summed E-state index contributed by atoms with van der Waals surface area (Å²) >= 11 is 0. The average Bonchev–Trinajstić information content (AvgIpc) is 3.15. The third-order valence-electron chi connectivity index (χ3n) is 5.27. The van der Waals surface area contributed by atoms with Crippen LogP contribution in [0.5, 0.6) is 11.5 Å². The molecule has 2 heterocycles. The van der Waals surface area contributed by atoms with Crippen LogP contribution in [-0.2, 0) is 35.0 Å².